The highest BCUT2D eigenvalue weighted by Crippen LogP contribution is 2.32. The van der Waals surface area contributed by atoms with Gasteiger partial charge in [-0.15, -0.1) is 0 Å². The fourth-order valence-corrected chi connectivity index (χ4v) is 3.13. The first-order valence-electron chi connectivity index (χ1n) is 8.71. The molecule has 0 bridgehead atoms. The Balaban J connectivity index is 1.86. The summed E-state index contributed by atoms with van der Waals surface area (Å²) in [6, 6.07) is 24.9. The van der Waals surface area contributed by atoms with Crippen LogP contribution in [0.2, 0.25) is 0 Å². The molecule has 4 aromatic rings. The summed E-state index contributed by atoms with van der Waals surface area (Å²) in [5.74, 6) is -0.543. The van der Waals surface area contributed by atoms with Crippen LogP contribution in [0.25, 0.3) is 22.0 Å². The van der Waals surface area contributed by atoms with Crippen LogP contribution in [-0.4, -0.2) is 10.9 Å². The van der Waals surface area contributed by atoms with E-state index >= 15 is 0 Å². The van der Waals surface area contributed by atoms with Gasteiger partial charge in [-0.2, -0.15) is 5.26 Å². The van der Waals surface area contributed by atoms with Crippen molar-refractivity contribution in [3.8, 4) is 17.2 Å². The van der Waals surface area contributed by atoms with Crippen LogP contribution in [0.3, 0.4) is 0 Å². The minimum absolute atomic E-state index is 0.329. The van der Waals surface area contributed by atoms with Crippen LogP contribution in [-0.2, 0) is 0 Å². The number of carbonyl (C=O) groups excluding carboxylic acids is 1. The summed E-state index contributed by atoms with van der Waals surface area (Å²) in [5, 5.41) is 13.2. The normalized spacial score (nSPS) is 10.4. The molecule has 4 rings (SSSR count). The van der Waals surface area contributed by atoms with E-state index in [1.54, 1.807) is 6.07 Å². The number of nitrogens with zero attached hydrogens (tertiary/aromatic N) is 2. The van der Waals surface area contributed by atoms with Crippen molar-refractivity contribution >= 4 is 28.2 Å². The van der Waals surface area contributed by atoms with E-state index in [-0.39, 0.29) is 0 Å². The number of para-hydroxylation sites is 1. The van der Waals surface area contributed by atoms with Gasteiger partial charge in [-0.1, -0.05) is 42.5 Å². The van der Waals surface area contributed by atoms with Crippen LogP contribution in [0.1, 0.15) is 15.9 Å². The van der Waals surface area contributed by atoms with E-state index in [2.05, 4.69) is 16.4 Å². The highest BCUT2D eigenvalue weighted by atomic mass is 16.1. The summed E-state index contributed by atoms with van der Waals surface area (Å²) in [5.41, 5.74) is 10.6. The van der Waals surface area contributed by atoms with Crippen LogP contribution < -0.4 is 11.1 Å². The number of anilines is 2. The monoisotopic (exact) mass is 364 g/mol. The second-order valence-corrected chi connectivity index (χ2v) is 6.33. The summed E-state index contributed by atoms with van der Waals surface area (Å²) >= 11 is 0. The van der Waals surface area contributed by atoms with Crippen molar-refractivity contribution in [2.45, 2.75) is 0 Å². The average molecular weight is 364 g/mol. The van der Waals surface area contributed by atoms with Crippen molar-refractivity contribution in [1.29, 1.82) is 5.26 Å². The lowest BCUT2D eigenvalue weighted by Crippen LogP contribution is -2.14. The van der Waals surface area contributed by atoms with E-state index in [0.29, 0.717) is 16.8 Å². The van der Waals surface area contributed by atoms with E-state index in [9.17, 15) is 4.79 Å². The predicted molar refractivity (Wildman–Crippen MR) is 110 cm³/mol. The fraction of sp³-hybridized carbons (Fsp3) is 0. The molecule has 1 heterocycles. The minimum atomic E-state index is -0.543. The first kappa shape index (κ1) is 17.3. The first-order chi connectivity index (χ1) is 13.7. The Labute approximate surface area is 162 Å². The number of nitriles is 1. The van der Waals surface area contributed by atoms with Gasteiger partial charge in [0.05, 0.1) is 28.4 Å². The zero-order chi connectivity index (χ0) is 19.5. The van der Waals surface area contributed by atoms with Gasteiger partial charge < -0.3 is 11.1 Å². The highest BCUT2D eigenvalue weighted by Gasteiger charge is 2.14. The third-order valence-electron chi connectivity index (χ3n) is 4.50. The Morgan fingerprint density at radius 3 is 2.50 bits per heavy atom. The summed E-state index contributed by atoms with van der Waals surface area (Å²) in [6.07, 6.45) is 1.49. The average Bonchev–Trinajstić information content (AvgIpc) is 2.74. The van der Waals surface area contributed by atoms with E-state index in [1.165, 1.54) is 6.20 Å². The number of rotatable bonds is 4. The zero-order valence-corrected chi connectivity index (χ0v) is 14.9. The molecule has 1 amide bonds. The lowest BCUT2D eigenvalue weighted by atomic mass is 10.00. The third-order valence-corrected chi connectivity index (χ3v) is 4.50. The second-order valence-electron chi connectivity index (χ2n) is 6.33. The summed E-state index contributed by atoms with van der Waals surface area (Å²) < 4.78 is 0. The number of primary amides is 1. The van der Waals surface area contributed by atoms with Crippen LogP contribution in [0.5, 0.6) is 0 Å². The maximum absolute atomic E-state index is 11.9. The minimum Gasteiger partial charge on any atom is -0.365 e. The SMILES string of the molecule is N#Cc1cccc(-c2ccc3c(Nc4ccccc4)c(C(N)=O)cnc3c2)c1. The topological polar surface area (TPSA) is 91.8 Å². The molecule has 5 nitrogen and oxygen atoms in total. The Hall–Kier alpha value is -4.17. The molecule has 0 saturated heterocycles. The van der Waals surface area contributed by atoms with Gasteiger partial charge in [-0.05, 0) is 41.5 Å². The van der Waals surface area contributed by atoms with Gasteiger partial charge in [0.25, 0.3) is 5.91 Å². The van der Waals surface area contributed by atoms with Gasteiger partial charge in [-0.3, -0.25) is 9.78 Å². The van der Waals surface area contributed by atoms with Gasteiger partial charge in [0.1, 0.15) is 0 Å². The molecule has 0 fully saturated rings. The second kappa shape index (κ2) is 7.22. The number of hydrogen-bond acceptors (Lipinski definition) is 4. The Bertz CT molecular complexity index is 1230. The first-order valence-corrected chi connectivity index (χ1v) is 8.71. The Morgan fingerprint density at radius 2 is 1.75 bits per heavy atom. The highest BCUT2D eigenvalue weighted by molar-refractivity contribution is 6.08. The van der Waals surface area contributed by atoms with E-state index in [4.69, 9.17) is 11.0 Å². The number of aromatic nitrogens is 1. The Kier molecular flexibility index (Phi) is 4.45. The van der Waals surface area contributed by atoms with E-state index < -0.39 is 5.91 Å². The number of amides is 1. The molecule has 0 unspecified atom stereocenters. The molecule has 5 heteroatoms. The quantitative estimate of drug-likeness (QED) is 0.553. The van der Waals surface area contributed by atoms with Crippen molar-refractivity contribution in [1.82, 2.24) is 4.98 Å². The maximum Gasteiger partial charge on any atom is 0.252 e. The van der Waals surface area contributed by atoms with Gasteiger partial charge in [0.15, 0.2) is 0 Å². The van der Waals surface area contributed by atoms with Gasteiger partial charge in [0.2, 0.25) is 0 Å². The largest absolute Gasteiger partial charge is 0.365 e. The number of fused-ring (bicyclic) bond motifs is 1. The molecule has 3 aromatic carbocycles. The molecule has 1 aromatic heterocycles. The van der Waals surface area contributed by atoms with Crippen LogP contribution >= 0.6 is 0 Å². The Morgan fingerprint density at radius 1 is 0.964 bits per heavy atom. The molecule has 0 aliphatic rings. The van der Waals surface area contributed by atoms with Gasteiger partial charge in [0, 0.05) is 17.3 Å². The molecule has 0 aliphatic heterocycles. The molecule has 28 heavy (non-hydrogen) atoms. The lowest BCUT2D eigenvalue weighted by molar-refractivity contribution is 0.100. The molecule has 0 saturated carbocycles. The fourth-order valence-electron chi connectivity index (χ4n) is 3.13. The molecular formula is C23H16N4O. The van der Waals surface area contributed by atoms with Crippen molar-refractivity contribution in [2.75, 3.05) is 5.32 Å². The maximum atomic E-state index is 11.9. The summed E-state index contributed by atoms with van der Waals surface area (Å²) in [4.78, 5) is 16.4. The number of hydrogen-bond donors (Lipinski definition) is 2. The number of benzene rings is 3. The summed E-state index contributed by atoms with van der Waals surface area (Å²) in [6.45, 7) is 0. The number of nitrogens with one attached hydrogen (secondary N) is 1. The third kappa shape index (κ3) is 3.27. The number of pyridine rings is 1. The number of nitrogens with two attached hydrogens (primary N) is 1. The molecule has 0 radical (unpaired) electrons. The number of carbonyl (C=O) groups is 1. The molecule has 0 spiro atoms. The van der Waals surface area contributed by atoms with Crippen LogP contribution in [0.15, 0.2) is 79.0 Å². The van der Waals surface area contributed by atoms with Crippen molar-refractivity contribution in [3.63, 3.8) is 0 Å². The molecule has 134 valence electrons. The van der Waals surface area contributed by atoms with Crippen molar-refractivity contribution in [3.05, 3.63) is 90.1 Å². The van der Waals surface area contributed by atoms with Crippen molar-refractivity contribution < 1.29 is 4.79 Å². The standard InChI is InChI=1S/C23H16N4O/c24-13-15-5-4-6-16(11-15)17-9-10-19-21(12-17)26-14-20(23(25)28)22(19)27-18-7-2-1-3-8-18/h1-12,14H,(H2,25,28)(H,26,27). The molecule has 0 atom stereocenters. The van der Waals surface area contributed by atoms with Crippen LogP contribution in [0.4, 0.5) is 11.4 Å². The van der Waals surface area contributed by atoms with E-state index in [0.717, 1.165) is 27.7 Å². The zero-order valence-electron chi connectivity index (χ0n) is 14.9. The predicted octanol–water partition coefficient (Wildman–Crippen LogP) is 4.62. The van der Waals surface area contributed by atoms with Crippen molar-refractivity contribution in [2.24, 2.45) is 5.73 Å². The molecule has 3 N–H and O–H groups in total. The molecule has 0 aliphatic carbocycles. The van der Waals surface area contributed by atoms with Gasteiger partial charge >= 0.3 is 0 Å². The molecular weight excluding hydrogens is 348 g/mol. The van der Waals surface area contributed by atoms with Crippen LogP contribution in [0, 0.1) is 11.3 Å². The summed E-state index contributed by atoms with van der Waals surface area (Å²) in [7, 11) is 0. The van der Waals surface area contributed by atoms with E-state index in [1.807, 2.05) is 66.7 Å². The lowest BCUT2D eigenvalue weighted by Gasteiger charge is -2.14. The van der Waals surface area contributed by atoms with Gasteiger partial charge in [-0.25, -0.2) is 0 Å². The smallest absolute Gasteiger partial charge is 0.252 e.